The fourth-order valence-electron chi connectivity index (χ4n) is 1.90. The second-order valence-electron chi connectivity index (χ2n) is 3.93. The van der Waals surface area contributed by atoms with E-state index in [0.29, 0.717) is 5.41 Å². The Hall–Kier alpha value is 0.0700. The van der Waals surface area contributed by atoms with E-state index >= 15 is 0 Å². The van der Waals surface area contributed by atoms with Gasteiger partial charge in [-0.2, -0.15) is 0 Å². The Morgan fingerprint density at radius 2 is 2.57 bits per heavy atom. The third-order valence-corrected chi connectivity index (χ3v) is 4.69. The first-order valence-electron chi connectivity index (χ1n) is 4.86. The van der Waals surface area contributed by atoms with Crippen molar-refractivity contribution in [3.05, 3.63) is 16.6 Å². The van der Waals surface area contributed by atoms with Crippen LogP contribution in [0.3, 0.4) is 0 Å². The summed E-state index contributed by atoms with van der Waals surface area (Å²) in [6.07, 6.45) is 5.52. The Bertz CT molecular complexity index is 270. The van der Waals surface area contributed by atoms with Crippen LogP contribution < -0.4 is 0 Å². The first-order valence-corrected chi connectivity index (χ1v) is 6.86. The number of nitrogens with zero attached hydrogens (tertiary/aromatic N) is 1. The molecule has 0 aromatic carbocycles. The third-order valence-electron chi connectivity index (χ3n) is 2.72. The zero-order chi connectivity index (χ0) is 9.86. The molecule has 1 aliphatic heterocycles. The van der Waals surface area contributed by atoms with E-state index in [1.165, 1.54) is 17.7 Å². The van der Waals surface area contributed by atoms with Crippen LogP contribution in [0.4, 0.5) is 0 Å². The average molecular weight is 276 g/mol. The molecule has 78 valence electrons. The zero-order valence-electron chi connectivity index (χ0n) is 8.04. The maximum Gasteiger partial charge on any atom is 0.0794 e. The largest absolute Gasteiger partial charge is 0.381 e. The van der Waals surface area contributed by atoms with Gasteiger partial charge in [0.25, 0.3) is 0 Å². The quantitative estimate of drug-likeness (QED) is 0.792. The number of halogens is 1. The number of rotatable bonds is 3. The van der Waals surface area contributed by atoms with Gasteiger partial charge in [-0.3, -0.25) is 4.98 Å². The fourth-order valence-corrected chi connectivity index (χ4v) is 3.31. The predicted molar refractivity (Wildman–Crippen MR) is 62.1 cm³/mol. The summed E-state index contributed by atoms with van der Waals surface area (Å²) in [7, 11) is 0. The lowest BCUT2D eigenvalue weighted by atomic mass is 9.81. The third kappa shape index (κ3) is 2.35. The molecule has 1 unspecified atom stereocenters. The molecule has 0 saturated carbocycles. The molecule has 2 rings (SSSR count). The summed E-state index contributed by atoms with van der Waals surface area (Å²) in [5.41, 5.74) is 2.21. The standard InChI is InChI=1S/C10H14BrNOS/c11-6-10(2-1-3-13-7-10)4-9-5-12-8-14-9/h5,8H,1-4,6-7H2. The van der Waals surface area contributed by atoms with Crippen molar-refractivity contribution >= 4 is 27.3 Å². The molecule has 1 atom stereocenters. The van der Waals surface area contributed by atoms with Gasteiger partial charge in [0.05, 0.1) is 12.1 Å². The van der Waals surface area contributed by atoms with Gasteiger partial charge in [0.2, 0.25) is 0 Å². The highest BCUT2D eigenvalue weighted by Gasteiger charge is 2.32. The molecule has 2 heterocycles. The summed E-state index contributed by atoms with van der Waals surface area (Å²) >= 11 is 5.36. The number of aromatic nitrogens is 1. The minimum absolute atomic E-state index is 0.310. The highest BCUT2D eigenvalue weighted by molar-refractivity contribution is 9.09. The van der Waals surface area contributed by atoms with E-state index in [1.54, 1.807) is 11.3 Å². The lowest BCUT2D eigenvalue weighted by molar-refractivity contribution is 0.00652. The maximum absolute atomic E-state index is 5.58. The smallest absolute Gasteiger partial charge is 0.0794 e. The minimum atomic E-state index is 0.310. The molecule has 0 aliphatic carbocycles. The van der Waals surface area contributed by atoms with E-state index in [-0.39, 0.29) is 0 Å². The van der Waals surface area contributed by atoms with Gasteiger partial charge in [-0.25, -0.2) is 0 Å². The van der Waals surface area contributed by atoms with Gasteiger partial charge in [-0.05, 0) is 19.3 Å². The highest BCUT2D eigenvalue weighted by atomic mass is 79.9. The summed E-state index contributed by atoms with van der Waals surface area (Å²) in [6.45, 7) is 1.81. The van der Waals surface area contributed by atoms with Crippen LogP contribution in [0.5, 0.6) is 0 Å². The molecule has 4 heteroatoms. The van der Waals surface area contributed by atoms with Crippen molar-refractivity contribution in [1.29, 1.82) is 0 Å². The molecule has 0 spiro atoms. The topological polar surface area (TPSA) is 22.1 Å². The van der Waals surface area contributed by atoms with Crippen LogP contribution in [0.15, 0.2) is 11.7 Å². The van der Waals surface area contributed by atoms with E-state index in [4.69, 9.17) is 4.74 Å². The van der Waals surface area contributed by atoms with Crippen LogP contribution in [0.1, 0.15) is 17.7 Å². The van der Waals surface area contributed by atoms with Gasteiger partial charge in [-0.15, -0.1) is 11.3 Å². The van der Waals surface area contributed by atoms with E-state index in [9.17, 15) is 0 Å². The van der Waals surface area contributed by atoms with Gasteiger partial charge >= 0.3 is 0 Å². The number of hydrogen-bond donors (Lipinski definition) is 0. The molecule has 14 heavy (non-hydrogen) atoms. The summed E-state index contributed by atoms with van der Waals surface area (Å²) in [5, 5.41) is 1.03. The second-order valence-corrected chi connectivity index (χ2v) is 5.47. The molecule has 1 aromatic heterocycles. The first-order chi connectivity index (χ1) is 6.85. The lowest BCUT2D eigenvalue weighted by Crippen LogP contribution is -2.35. The lowest BCUT2D eigenvalue weighted by Gasteiger charge is -2.35. The zero-order valence-corrected chi connectivity index (χ0v) is 10.4. The minimum Gasteiger partial charge on any atom is -0.381 e. The molecule has 1 aliphatic rings. The van der Waals surface area contributed by atoms with Crippen LogP contribution in [0.2, 0.25) is 0 Å². The van der Waals surface area contributed by atoms with Crippen molar-refractivity contribution in [1.82, 2.24) is 4.98 Å². The Morgan fingerprint density at radius 3 is 3.14 bits per heavy atom. The van der Waals surface area contributed by atoms with Crippen LogP contribution in [-0.4, -0.2) is 23.5 Å². The van der Waals surface area contributed by atoms with Gasteiger partial charge in [-0.1, -0.05) is 15.9 Å². The van der Waals surface area contributed by atoms with E-state index in [0.717, 1.165) is 25.0 Å². The van der Waals surface area contributed by atoms with Gasteiger partial charge in [0, 0.05) is 28.4 Å². The number of ether oxygens (including phenoxy) is 1. The molecule has 0 radical (unpaired) electrons. The average Bonchev–Trinajstić information content (AvgIpc) is 2.72. The molecule has 1 saturated heterocycles. The number of alkyl halides is 1. The molecule has 1 aromatic rings. The summed E-state index contributed by atoms with van der Waals surface area (Å²) < 4.78 is 5.58. The molecule has 2 nitrogen and oxygen atoms in total. The van der Waals surface area contributed by atoms with Crippen LogP contribution in [-0.2, 0) is 11.2 Å². The van der Waals surface area contributed by atoms with Crippen LogP contribution in [0, 0.1) is 5.41 Å². The normalized spacial score (nSPS) is 27.8. The second kappa shape index (κ2) is 4.73. The number of thiazole rings is 1. The summed E-state index contributed by atoms with van der Waals surface area (Å²) in [4.78, 5) is 5.49. The molecule has 0 N–H and O–H groups in total. The van der Waals surface area contributed by atoms with Crippen molar-refractivity contribution in [3.8, 4) is 0 Å². The van der Waals surface area contributed by atoms with Crippen LogP contribution >= 0.6 is 27.3 Å². The van der Waals surface area contributed by atoms with E-state index < -0.39 is 0 Å². The van der Waals surface area contributed by atoms with Crippen molar-refractivity contribution < 1.29 is 4.74 Å². The van der Waals surface area contributed by atoms with Crippen LogP contribution in [0.25, 0.3) is 0 Å². The molecule has 0 bridgehead atoms. The molecule has 1 fully saturated rings. The van der Waals surface area contributed by atoms with Crippen molar-refractivity contribution in [3.63, 3.8) is 0 Å². The predicted octanol–water partition coefficient (Wildman–Crippen LogP) is 2.88. The van der Waals surface area contributed by atoms with Gasteiger partial charge in [0.15, 0.2) is 0 Å². The first kappa shape index (κ1) is 10.6. The number of hydrogen-bond acceptors (Lipinski definition) is 3. The Morgan fingerprint density at radius 1 is 1.64 bits per heavy atom. The summed E-state index contributed by atoms with van der Waals surface area (Å²) in [6, 6.07) is 0. The van der Waals surface area contributed by atoms with Crippen molar-refractivity contribution in [2.45, 2.75) is 19.3 Å². The SMILES string of the molecule is BrCC1(Cc2cncs2)CCCOC1. The van der Waals surface area contributed by atoms with E-state index in [2.05, 4.69) is 20.9 Å². The molecule has 0 amide bonds. The molecular weight excluding hydrogens is 262 g/mol. The van der Waals surface area contributed by atoms with Gasteiger partial charge in [0.1, 0.15) is 0 Å². The Balaban J connectivity index is 2.04. The van der Waals surface area contributed by atoms with Crippen molar-refractivity contribution in [2.24, 2.45) is 5.41 Å². The molecular formula is C10H14BrNOS. The maximum atomic E-state index is 5.58. The van der Waals surface area contributed by atoms with Gasteiger partial charge < -0.3 is 4.74 Å². The summed E-state index contributed by atoms with van der Waals surface area (Å²) in [5.74, 6) is 0. The Labute approximate surface area is 96.8 Å². The Kier molecular flexibility index (Phi) is 3.57. The highest BCUT2D eigenvalue weighted by Crippen LogP contribution is 2.35. The monoisotopic (exact) mass is 275 g/mol. The van der Waals surface area contributed by atoms with Crippen molar-refractivity contribution in [2.75, 3.05) is 18.5 Å². The fraction of sp³-hybridized carbons (Fsp3) is 0.700. The van der Waals surface area contributed by atoms with E-state index in [1.807, 2.05) is 11.7 Å².